The van der Waals surface area contributed by atoms with Gasteiger partial charge in [0.15, 0.2) is 0 Å². The molecule has 0 fully saturated rings. The number of sulfonamides is 1. The van der Waals surface area contributed by atoms with Crippen LogP contribution in [0, 0.1) is 5.82 Å². The van der Waals surface area contributed by atoms with Crippen molar-refractivity contribution in [3.8, 4) is 0 Å². The first-order valence-corrected chi connectivity index (χ1v) is 11.0. The number of hydrogen-bond acceptors (Lipinski definition) is 4. The molecule has 0 aliphatic carbocycles. The minimum atomic E-state index is -3.81. The highest BCUT2D eigenvalue weighted by molar-refractivity contribution is 7.89. The van der Waals surface area contributed by atoms with Crippen molar-refractivity contribution < 1.29 is 22.3 Å². The number of H-pyrrole nitrogens is 1. The van der Waals surface area contributed by atoms with Gasteiger partial charge in [0, 0.05) is 23.6 Å². The molecule has 2 N–H and O–H groups in total. The van der Waals surface area contributed by atoms with Crippen LogP contribution in [0.4, 0.5) is 4.39 Å². The van der Waals surface area contributed by atoms with Gasteiger partial charge in [0.05, 0.1) is 10.5 Å². The first-order chi connectivity index (χ1) is 14.9. The summed E-state index contributed by atoms with van der Waals surface area (Å²) in [6, 6.07) is 18.7. The van der Waals surface area contributed by atoms with E-state index < -0.39 is 21.8 Å². The zero-order valence-corrected chi connectivity index (χ0v) is 17.2. The number of carbonyl (C=O) groups is 1. The molecule has 4 aromatic rings. The van der Waals surface area contributed by atoms with E-state index in [2.05, 4.69) is 9.71 Å². The Morgan fingerprint density at radius 2 is 1.77 bits per heavy atom. The van der Waals surface area contributed by atoms with Crippen LogP contribution in [-0.4, -0.2) is 19.4 Å². The van der Waals surface area contributed by atoms with Crippen molar-refractivity contribution in [1.29, 1.82) is 0 Å². The molecule has 0 bridgehead atoms. The Morgan fingerprint density at radius 1 is 1.00 bits per heavy atom. The van der Waals surface area contributed by atoms with E-state index in [1.54, 1.807) is 24.3 Å². The van der Waals surface area contributed by atoms with Crippen molar-refractivity contribution in [2.75, 3.05) is 0 Å². The fraction of sp³-hybridized carbons (Fsp3) is 0.0870. The van der Waals surface area contributed by atoms with Crippen LogP contribution < -0.4 is 4.72 Å². The highest BCUT2D eigenvalue weighted by Crippen LogP contribution is 2.19. The number of ether oxygens (including phenoxy) is 1. The molecule has 0 aliphatic heterocycles. The van der Waals surface area contributed by atoms with E-state index >= 15 is 0 Å². The number of hydrogen-bond donors (Lipinski definition) is 2. The van der Waals surface area contributed by atoms with E-state index in [9.17, 15) is 17.6 Å². The second-order valence-corrected chi connectivity index (χ2v) is 8.68. The minimum absolute atomic E-state index is 0.0243. The largest absolute Gasteiger partial charge is 0.457 e. The van der Waals surface area contributed by atoms with Crippen molar-refractivity contribution in [2.24, 2.45) is 0 Å². The van der Waals surface area contributed by atoms with E-state index in [1.807, 2.05) is 30.5 Å². The Morgan fingerprint density at radius 3 is 2.58 bits per heavy atom. The summed E-state index contributed by atoms with van der Waals surface area (Å²) in [4.78, 5) is 15.6. The highest BCUT2D eigenvalue weighted by Gasteiger charge is 2.15. The highest BCUT2D eigenvalue weighted by atomic mass is 32.2. The summed E-state index contributed by atoms with van der Waals surface area (Å²) >= 11 is 0. The van der Waals surface area contributed by atoms with Crippen LogP contribution in [0.2, 0.25) is 0 Å². The van der Waals surface area contributed by atoms with E-state index in [-0.39, 0.29) is 18.0 Å². The van der Waals surface area contributed by atoms with Crippen molar-refractivity contribution in [3.05, 3.63) is 102 Å². The van der Waals surface area contributed by atoms with Crippen LogP contribution in [0.15, 0.2) is 83.9 Å². The number of aromatic nitrogens is 1. The smallest absolute Gasteiger partial charge is 0.338 e. The number of aromatic amines is 1. The second kappa shape index (κ2) is 8.71. The Balaban J connectivity index is 1.41. The lowest BCUT2D eigenvalue weighted by Crippen LogP contribution is -2.23. The number of esters is 1. The van der Waals surface area contributed by atoms with E-state index in [0.717, 1.165) is 28.6 Å². The lowest BCUT2D eigenvalue weighted by atomic mass is 10.1. The molecule has 1 heterocycles. The third-order valence-electron chi connectivity index (χ3n) is 4.80. The summed E-state index contributed by atoms with van der Waals surface area (Å²) in [5, 5.41) is 0.985. The standard InChI is InChI=1S/C23H19FN2O4S/c24-19-7-9-20(10-8-19)31(28,29)26-14-16-3-1-4-17(13-16)23(27)30-15-18-5-2-6-22-21(18)11-12-25-22/h1-13,25-26H,14-15H2. The van der Waals surface area contributed by atoms with Crippen LogP contribution in [0.3, 0.4) is 0 Å². The molecule has 0 amide bonds. The van der Waals surface area contributed by atoms with Gasteiger partial charge in [-0.1, -0.05) is 24.3 Å². The molecular weight excluding hydrogens is 419 g/mol. The summed E-state index contributed by atoms with van der Waals surface area (Å²) in [5.74, 6) is -1.02. The molecule has 0 spiro atoms. The van der Waals surface area contributed by atoms with E-state index in [1.165, 1.54) is 12.1 Å². The predicted molar refractivity (Wildman–Crippen MR) is 114 cm³/mol. The van der Waals surface area contributed by atoms with Gasteiger partial charge in [0.1, 0.15) is 12.4 Å². The Labute approximate surface area is 178 Å². The van der Waals surface area contributed by atoms with Gasteiger partial charge in [-0.15, -0.1) is 0 Å². The molecule has 0 saturated heterocycles. The van der Waals surface area contributed by atoms with Crippen molar-refractivity contribution in [2.45, 2.75) is 18.0 Å². The van der Waals surface area contributed by atoms with Crippen molar-refractivity contribution >= 4 is 26.9 Å². The van der Waals surface area contributed by atoms with E-state index in [4.69, 9.17) is 4.74 Å². The molecule has 0 saturated carbocycles. The van der Waals surface area contributed by atoms with Crippen LogP contribution in [0.25, 0.3) is 10.9 Å². The molecule has 0 atom stereocenters. The third-order valence-corrected chi connectivity index (χ3v) is 6.21. The number of rotatable bonds is 7. The van der Waals surface area contributed by atoms with Gasteiger partial charge in [-0.25, -0.2) is 22.3 Å². The molecular formula is C23H19FN2O4S. The first-order valence-electron chi connectivity index (χ1n) is 9.49. The van der Waals surface area contributed by atoms with Gasteiger partial charge < -0.3 is 9.72 Å². The first kappa shape index (κ1) is 20.8. The molecule has 8 heteroatoms. The summed E-state index contributed by atoms with van der Waals surface area (Å²) < 4.78 is 45.6. The average molecular weight is 438 g/mol. The van der Waals surface area contributed by atoms with Gasteiger partial charge in [-0.3, -0.25) is 0 Å². The number of benzene rings is 3. The summed E-state index contributed by atoms with van der Waals surface area (Å²) in [5.41, 5.74) is 2.76. The summed E-state index contributed by atoms with van der Waals surface area (Å²) in [6.45, 7) is 0.0962. The molecule has 1 aromatic heterocycles. The third kappa shape index (κ3) is 4.82. The fourth-order valence-electron chi connectivity index (χ4n) is 3.19. The average Bonchev–Trinajstić information content (AvgIpc) is 3.26. The van der Waals surface area contributed by atoms with Crippen LogP contribution in [0.5, 0.6) is 0 Å². The van der Waals surface area contributed by atoms with Gasteiger partial charge in [0.25, 0.3) is 0 Å². The van der Waals surface area contributed by atoms with Gasteiger partial charge in [0.2, 0.25) is 10.0 Å². The quantitative estimate of drug-likeness (QED) is 0.425. The number of halogens is 1. The fourth-order valence-corrected chi connectivity index (χ4v) is 4.20. The van der Waals surface area contributed by atoms with Crippen molar-refractivity contribution in [1.82, 2.24) is 9.71 Å². The lowest BCUT2D eigenvalue weighted by Gasteiger charge is -2.09. The zero-order valence-electron chi connectivity index (χ0n) is 16.3. The SMILES string of the molecule is O=C(OCc1cccc2[nH]ccc12)c1cccc(CNS(=O)(=O)c2ccc(F)cc2)c1. The van der Waals surface area contributed by atoms with E-state index in [0.29, 0.717) is 11.1 Å². The zero-order chi connectivity index (χ0) is 21.8. The minimum Gasteiger partial charge on any atom is -0.457 e. The number of fused-ring (bicyclic) bond motifs is 1. The Bertz CT molecular complexity index is 1330. The topological polar surface area (TPSA) is 88.3 Å². The van der Waals surface area contributed by atoms with Gasteiger partial charge in [-0.2, -0.15) is 0 Å². The molecule has 0 aliphatic rings. The molecule has 0 radical (unpaired) electrons. The molecule has 3 aromatic carbocycles. The monoisotopic (exact) mass is 438 g/mol. The summed E-state index contributed by atoms with van der Waals surface area (Å²) in [7, 11) is -3.81. The maximum atomic E-state index is 13.0. The van der Waals surface area contributed by atoms with Crippen LogP contribution in [-0.2, 0) is 27.9 Å². The number of carbonyl (C=O) groups excluding carboxylic acids is 1. The maximum absolute atomic E-state index is 13.0. The molecule has 6 nitrogen and oxygen atoms in total. The maximum Gasteiger partial charge on any atom is 0.338 e. The molecule has 4 rings (SSSR count). The Hall–Kier alpha value is -3.49. The Kier molecular flexibility index (Phi) is 5.83. The van der Waals surface area contributed by atoms with Gasteiger partial charge in [-0.05, 0) is 59.7 Å². The number of nitrogens with one attached hydrogen (secondary N) is 2. The normalized spacial score (nSPS) is 11.5. The lowest BCUT2D eigenvalue weighted by molar-refractivity contribution is 0.0474. The van der Waals surface area contributed by atoms with Crippen molar-refractivity contribution in [3.63, 3.8) is 0 Å². The molecule has 0 unspecified atom stereocenters. The second-order valence-electron chi connectivity index (χ2n) is 6.91. The van der Waals surface area contributed by atoms with Crippen LogP contribution in [0.1, 0.15) is 21.5 Å². The molecule has 158 valence electrons. The van der Waals surface area contributed by atoms with Gasteiger partial charge >= 0.3 is 5.97 Å². The van der Waals surface area contributed by atoms with Crippen LogP contribution >= 0.6 is 0 Å². The molecule has 31 heavy (non-hydrogen) atoms. The summed E-state index contributed by atoms with van der Waals surface area (Å²) in [6.07, 6.45) is 1.83. The predicted octanol–water partition coefficient (Wildman–Crippen LogP) is 4.14.